The number of aliphatic imine (C=N–C) groups is 1. The van der Waals surface area contributed by atoms with E-state index in [0.717, 1.165) is 29.4 Å². The molecule has 6 nitrogen and oxygen atoms in total. The number of aromatic nitrogens is 2. The second-order valence-electron chi connectivity index (χ2n) is 5.71. The lowest BCUT2D eigenvalue weighted by Gasteiger charge is -2.11. The topological polar surface area (TPSA) is 82.2 Å². The lowest BCUT2D eigenvalue weighted by Crippen LogP contribution is -2.41. The normalized spacial score (nSPS) is 18.9. The van der Waals surface area contributed by atoms with E-state index in [0.29, 0.717) is 17.7 Å². The minimum absolute atomic E-state index is 0. The average Bonchev–Trinajstić information content (AvgIpc) is 3.23. The smallest absolute Gasteiger partial charge is 0.276 e. The van der Waals surface area contributed by atoms with Gasteiger partial charge in [-0.25, -0.2) is 9.98 Å². The van der Waals surface area contributed by atoms with Crippen molar-refractivity contribution in [2.24, 2.45) is 4.99 Å². The second kappa shape index (κ2) is 7.68. The van der Waals surface area contributed by atoms with Gasteiger partial charge in [-0.3, -0.25) is 10.1 Å². The van der Waals surface area contributed by atoms with E-state index in [4.69, 9.17) is 0 Å². The van der Waals surface area contributed by atoms with Gasteiger partial charge in [0.05, 0.1) is 0 Å². The number of hydrogen-bond donors (Lipinski definition) is 3. The van der Waals surface area contributed by atoms with Crippen LogP contribution >= 0.6 is 24.8 Å². The van der Waals surface area contributed by atoms with Gasteiger partial charge in [-0.2, -0.15) is 0 Å². The zero-order valence-corrected chi connectivity index (χ0v) is 14.5. The lowest BCUT2D eigenvalue weighted by atomic mass is 10.2. The number of carbonyl (C=O) groups is 1. The lowest BCUT2D eigenvalue weighted by molar-refractivity contribution is -0.115. The van der Waals surface area contributed by atoms with Crippen molar-refractivity contribution in [3.05, 3.63) is 35.8 Å². The van der Waals surface area contributed by atoms with Crippen LogP contribution in [0.2, 0.25) is 0 Å². The van der Waals surface area contributed by atoms with Gasteiger partial charge in [0.1, 0.15) is 11.3 Å². The number of pyridine rings is 1. The van der Waals surface area contributed by atoms with Crippen LogP contribution in [0.5, 0.6) is 0 Å². The third-order valence-electron chi connectivity index (χ3n) is 4.17. The van der Waals surface area contributed by atoms with E-state index in [2.05, 4.69) is 25.6 Å². The van der Waals surface area contributed by atoms with E-state index < -0.39 is 0 Å². The SMILES string of the molecule is Cl.Cl.O=C1NC(NC2CCCC2)=N/C1=C\c1c[nH]c2ncccc12. The standard InChI is InChI=1S/C16H17N5O.2ClH/c22-15-13(20-16(21-15)19-11-4-1-2-5-11)8-10-9-18-14-12(10)6-3-7-17-14;;/h3,6-9,11H,1-2,4-5H2,(H,17,18)(H2,19,20,21,22);2*1H/b13-8-;;. The van der Waals surface area contributed by atoms with Crippen LogP contribution in [0.3, 0.4) is 0 Å². The van der Waals surface area contributed by atoms with Gasteiger partial charge < -0.3 is 10.3 Å². The molecule has 1 amide bonds. The molecule has 128 valence electrons. The van der Waals surface area contributed by atoms with Crippen LogP contribution in [0.15, 0.2) is 35.2 Å². The van der Waals surface area contributed by atoms with E-state index in [-0.39, 0.29) is 30.7 Å². The molecule has 2 aromatic heterocycles. The summed E-state index contributed by atoms with van der Waals surface area (Å²) in [5.74, 6) is 0.403. The largest absolute Gasteiger partial charge is 0.353 e. The number of fused-ring (bicyclic) bond motifs is 1. The molecule has 0 atom stereocenters. The Labute approximate surface area is 152 Å². The highest BCUT2D eigenvalue weighted by atomic mass is 35.5. The molecule has 1 aliphatic carbocycles. The van der Waals surface area contributed by atoms with E-state index in [1.165, 1.54) is 12.8 Å². The first kappa shape index (κ1) is 18.3. The predicted octanol–water partition coefficient (Wildman–Crippen LogP) is 2.77. The Kier molecular flexibility index (Phi) is 5.85. The van der Waals surface area contributed by atoms with Gasteiger partial charge >= 0.3 is 0 Å². The molecule has 0 spiro atoms. The van der Waals surface area contributed by atoms with Crippen LogP contribution in [-0.2, 0) is 4.79 Å². The Hall–Kier alpha value is -2.05. The first-order valence-corrected chi connectivity index (χ1v) is 7.60. The Bertz CT molecular complexity index is 793. The summed E-state index contributed by atoms with van der Waals surface area (Å²) in [7, 11) is 0. The number of rotatable bonds is 2. The van der Waals surface area contributed by atoms with Crippen molar-refractivity contribution in [1.82, 2.24) is 20.6 Å². The van der Waals surface area contributed by atoms with E-state index in [9.17, 15) is 4.79 Å². The Morgan fingerprint density at radius 1 is 1.25 bits per heavy atom. The van der Waals surface area contributed by atoms with Crippen molar-refractivity contribution in [3.8, 4) is 0 Å². The summed E-state index contributed by atoms with van der Waals surface area (Å²) in [4.78, 5) is 23.8. The number of nitrogens with one attached hydrogen (secondary N) is 3. The maximum absolute atomic E-state index is 12.1. The third kappa shape index (κ3) is 3.55. The van der Waals surface area contributed by atoms with Crippen LogP contribution in [0.25, 0.3) is 17.1 Å². The first-order chi connectivity index (χ1) is 10.8. The van der Waals surface area contributed by atoms with Gasteiger partial charge in [0.25, 0.3) is 5.91 Å². The Morgan fingerprint density at radius 2 is 2.04 bits per heavy atom. The maximum Gasteiger partial charge on any atom is 0.276 e. The molecule has 1 saturated carbocycles. The van der Waals surface area contributed by atoms with Crippen molar-refractivity contribution in [2.45, 2.75) is 31.7 Å². The maximum atomic E-state index is 12.1. The number of H-pyrrole nitrogens is 1. The van der Waals surface area contributed by atoms with Gasteiger partial charge in [-0.1, -0.05) is 12.8 Å². The van der Waals surface area contributed by atoms with Gasteiger partial charge in [0.2, 0.25) is 5.96 Å². The quantitative estimate of drug-likeness (QED) is 0.713. The highest BCUT2D eigenvalue weighted by Gasteiger charge is 2.23. The molecule has 0 aromatic carbocycles. The molecule has 2 aliphatic rings. The van der Waals surface area contributed by atoms with Crippen LogP contribution in [0.4, 0.5) is 0 Å². The number of hydrogen-bond acceptors (Lipinski definition) is 4. The van der Waals surface area contributed by atoms with Crippen molar-refractivity contribution in [1.29, 1.82) is 0 Å². The first-order valence-electron chi connectivity index (χ1n) is 7.60. The molecular formula is C16H19Cl2N5O. The fourth-order valence-corrected chi connectivity index (χ4v) is 3.04. The van der Waals surface area contributed by atoms with Gasteiger partial charge in [0.15, 0.2) is 0 Å². The number of guanidine groups is 1. The molecule has 1 fully saturated rings. The zero-order valence-electron chi connectivity index (χ0n) is 12.9. The number of halogens is 2. The molecular weight excluding hydrogens is 349 g/mol. The summed E-state index contributed by atoms with van der Waals surface area (Å²) in [5, 5.41) is 7.09. The fraction of sp³-hybridized carbons (Fsp3) is 0.312. The summed E-state index contributed by atoms with van der Waals surface area (Å²) in [6.45, 7) is 0. The van der Waals surface area contributed by atoms with Crippen LogP contribution in [0, 0.1) is 0 Å². The summed E-state index contributed by atoms with van der Waals surface area (Å²) in [6, 6.07) is 4.28. The molecule has 0 unspecified atom stereocenters. The van der Waals surface area contributed by atoms with Gasteiger partial charge in [-0.15, -0.1) is 24.8 Å². The van der Waals surface area contributed by atoms with Crippen molar-refractivity contribution < 1.29 is 4.79 Å². The number of amides is 1. The summed E-state index contributed by atoms with van der Waals surface area (Å²) < 4.78 is 0. The van der Waals surface area contributed by atoms with Crippen molar-refractivity contribution in [2.75, 3.05) is 0 Å². The fourth-order valence-electron chi connectivity index (χ4n) is 3.04. The molecule has 2 aromatic rings. The molecule has 24 heavy (non-hydrogen) atoms. The molecule has 0 saturated heterocycles. The molecule has 4 rings (SSSR count). The second-order valence-corrected chi connectivity index (χ2v) is 5.71. The molecule has 0 radical (unpaired) electrons. The Morgan fingerprint density at radius 3 is 2.83 bits per heavy atom. The number of carbonyl (C=O) groups excluding carboxylic acids is 1. The van der Waals surface area contributed by atoms with E-state index in [1.807, 2.05) is 18.3 Å². The average molecular weight is 368 g/mol. The van der Waals surface area contributed by atoms with Gasteiger partial charge in [-0.05, 0) is 31.1 Å². The minimum Gasteiger partial charge on any atom is -0.353 e. The van der Waals surface area contributed by atoms with E-state index >= 15 is 0 Å². The van der Waals surface area contributed by atoms with Crippen LogP contribution in [0.1, 0.15) is 31.2 Å². The molecule has 0 bridgehead atoms. The number of aromatic amines is 1. The van der Waals surface area contributed by atoms with Crippen molar-refractivity contribution >= 4 is 53.8 Å². The highest BCUT2D eigenvalue weighted by Crippen LogP contribution is 2.21. The summed E-state index contributed by atoms with van der Waals surface area (Å²) >= 11 is 0. The summed E-state index contributed by atoms with van der Waals surface area (Å²) in [6.07, 6.45) is 10.1. The monoisotopic (exact) mass is 367 g/mol. The van der Waals surface area contributed by atoms with Gasteiger partial charge in [0, 0.05) is 29.4 Å². The summed E-state index contributed by atoms with van der Waals surface area (Å²) in [5.41, 5.74) is 2.14. The van der Waals surface area contributed by atoms with Crippen molar-refractivity contribution in [3.63, 3.8) is 0 Å². The molecule has 3 N–H and O–H groups in total. The molecule has 8 heteroatoms. The molecule has 1 aliphatic heterocycles. The molecule has 3 heterocycles. The number of nitrogens with zero attached hydrogens (tertiary/aromatic N) is 2. The van der Waals surface area contributed by atoms with E-state index in [1.54, 1.807) is 12.3 Å². The minimum atomic E-state index is -0.168. The van der Waals surface area contributed by atoms with Crippen LogP contribution < -0.4 is 10.6 Å². The predicted molar refractivity (Wildman–Crippen MR) is 99.5 cm³/mol. The third-order valence-corrected chi connectivity index (χ3v) is 4.17. The highest BCUT2D eigenvalue weighted by molar-refractivity contribution is 6.14. The Balaban J connectivity index is 0.00000104. The zero-order chi connectivity index (χ0) is 14.9. The van der Waals surface area contributed by atoms with Crippen LogP contribution in [-0.4, -0.2) is 27.9 Å².